The van der Waals surface area contributed by atoms with Crippen LogP contribution >= 0.6 is 11.8 Å². The van der Waals surface area contributed by atoms with Crippen molar-refractivity contribution >= 4 is 27.4 Å². The number of nitrogens with zero attached hydrogens (tertiary/aromatic N) is 3. The number of carbonyl (C=O) groups is 1. The molecule has 2 aromatic carbocycles. The van der Waals surface area contributed by atoms with Gasteiger partial charge in [-0.3, -0.25) is 9.36 Å². The van der Waals surface area contributed by atoms with Crippen molar-refractivity contribution in [2.45, 2.75) is 41.8 Å². The van der Waals surface area contributed by atoms with Crippen LogP contribution in [0.25, 0.3) is 5.69 Å². The van der Waals surface area contributed by atoms with Gasteiger partial charge in [-0.1, -0.05) is 47.7 Å². The van der Waals surface area contributed by atoms with Crippen LogP contribution in [0, 0.1) is 6.92 Å². The molecule has 3 rings (SSSR count). The van der Waals surface area contributed by atoms with Crippen LogP contribution < -0.4 is 0 Å². The van der Waals surface area contributed by atoms with Crippen LogP contribution in [0.5, 0.6) is 0 Å². The minimum Gasteiger partial charge on any atom is -0.299 e. The molecule has 0 radical (unpaired) electrons. The van der Waals surface area contributed by atoms with Crippen molar-refractivity contribution < 1.29 is 13.2 Å². The molecule has 28 heavy (non-hydrogen) atoms. The molecule has 0 spiro atoms. The Morgan fingerprint density at radius 1 is 1.07 bits per heavy atom. The smallest absolute Gasteiger partial charge is 0.196 e. The Morgan fingerprint density at radius 2 is 1.71 bits per heavy atom. The molecule has 1 aromatic heterocycles. The van der Waals surface area contributed by atoms with Crippen molar-refractivity contribution in [3.8, 4) is 5.69 Å². The number of hydrogen-bond donors (Lipinski definition) is 0. The predicted octanol–water partition coefficient (Wildman–Crippen LogP) is 3.62. The number of rotatable bonds is 7. The molecule has 3 aromatic rings. The predicted molar refractivity (Wildman–Crippen MR) is 109 cm³/mol. The first-order valence-corrected chi connectivity index (χ1v) is 11.3. The second-order valence-electron chi connectivity index (χ2n) is 6.51. The lowest BCUT2D eigenvalue weighted by atomic mass is 10.2. The molecule has 1 atom stereocenters. The zero-order valence-corrected chi connectivity index (χ0v) is 17.5. The highest BCUT2D eigenvalue weighted by molar-refractivity contribution is 8.00. The van der Waals surface area contributed by atoms with Gasteiger partial charge in [0.05, 0.1) is 10.1 Å². The van der Waals surface area contributed by atoms with Crippen molar-refractivity contribution in [3.63, 3.8) is 0 Å². The van der Waals surface area contributed by atoms with Gasteiger partial charge in [0.15, 0.2) is 20.8 Å². The summed E-state index contributed by atoms with van der Waals surface area (Å²) in [7, 11) is -3.59. The van der Waals surface area contributed by atoms with E-state index in [0.29, 0.717) is 11.0 Å². The zero-order chi connectivity index (χ0) is 20.3. The van der Waals surface area contributed by atoms with Crippen LogP contribution in [0.15, 0.2) is 64.6 Å². The highest BCUT2D eigenvalue weighted by atomic mass is 32.2. The first-order chi connectivity index (χ1) is 13.3. The number of aromatic nitrogens is 3. The molecule has 0 N–H and O–H groups in total. The molecule has 0 bridgehead atoms. The van der Waals surface area contributed by atoms with E-state index >= 15 is 0 Å². The molecule has 146 valence electrons. The van der Waals surface area contributed by atoms with Crippen molar-refractivity contribution in [1.82, 2.24) is 14.8 Å². The fourth-order valence-corrected chi connectivity index (χ4v) is 4.68. The van der Waals surface area contributed by atoms with Crippen LogP contribution in [0.4, 0.5) is 0 Å². The van der Waals surface area contributed by atoms with Gasteiger partial charge in [-0.05, 0) is 45.0 Å². The molecule has 0 amide bonds. The van der Waals surface area contributed by atoms with E-state index in [0.717, 1.165) is 11.3 Å². The van der Waals surface area contributed by atoms with E-state index in [4.69, 9.17) is 0 Å². The maximum absolute atomic E-state index is 12.9. The van der Waals surface area contributed by atoms with Crippen LogP contribution in [-0.4, -0.2) is 34.2 Å². The topological polar surface area (TPSA) is 81.9 Å². The number of para-hydroxylation sites is 1. The van der Waals surface area contributed by atoms with E-state index in [-0.39, 0.29) is 21.7 Å². The monoisotopic (exact) mass is 415 g/mol. The summed E-state index contributed by atoms with van der Waals surface area (Å²) in [6.45, 7) is 5.21. The molecule has 0 saturated carbocycles. The van der Waals surface area contributed by atoms with Gasteiger partial charge in [-0.2, -0.15) is 0 Å². The first-order valence-electron chi connectivity index (χ1n) is 8.74. The lowest BCUT2D eigenvalue weighted by molar-refractivity contribution is -0.116. The molecule has 0 saturated heterocycles. The Labute approximate surface area is 168 Å². The standard InChI is InChI=1S/C20H21N3O3S2/c1-14-9-11-18(12-10-14)28(25,26)13-19-21-22-20(27-16(3)15(2)24)23(19)17-7-5-4-6-8-17/h4-12,16H,13H2,1-3H3. The van der Waals surface area contributed by atoms with E-state index < -0.39 is 9.84 Å². The summed E-state index contributed by atoms with van der Waals surface area (Å²) in [5.74, 6) is 0.0407. The van der Waals surface area contributed by atoms with Gasteiger partial charge in [-0.25, -0.2) is 8.42 Å². The van der Waals surface area contributed by atoms with Crippen molar-refractivity contribution in [3.05, 3.63) is 66.0 Å². The molecule has 0 fully saturated rings. The summed E-state index contributed by atoms with van der Waals surface area (Å²) >= 11 is 1.26. The third-order valence-corrected chi connectivity index (χ3v) is 7.06. The summed E-state index contributed by atoms with van der Waals surface area (Å²) in [6, 6.07) is 16.0. The van der Waals surface area contributed by atoms with Gasteiger partial charge < -0.3 is 0 Å². The number of aryl methyl sites for hydroxylation is 1. The SMILES string of the molecule is CC(=O)C(C)Sc1nnc(CS(=O)(=O)c2ccc(C)cc2)n1-c1ccccc1. The minimum absolute atomic E-state index is 0.0152. The van der Waals surface area contributed by atoms with Gasteiger partial charge in [-0.15, -0.1) is 10.2 Å². The summed E-state index contributed by atoms with van der Waals surface area (Å²) < 4.78 is 27.5. The van der Waals surface area contributed by atoms with Crippen LogP contribution in [0.1, 0.15) is 25.2 Å². The summed E-state index contributed by atoms with van der Waals surface area (Å²) in [6.07, 6.45) is 0. The summed E-state index contributed by atoms with van der Waals surface area (Å²) in [5.41, 5.74) is 1.74. The van der Waals surface area contributed by atoms with Gasteiger partial charge in [0.2, 0.25) is 0 Å². The third kappa shape index (κ3) is 4.51. The quantitative estimate of drug-likeness (QED) is 0.548. The minimum atomic E-state index is -3.59. The fourth-order valence-electron chi connectivity index (χ4n) is 2.55. The normalized spacial score (nSPS) is 12.7. The number of ketones is 1. The average molecular weight is 416 g/mol. The van der Waals surface area contributed by atoms with Gasteiger partial charge in [0, 0.05) is 5.69 Å². The number of thioether (sulfide) groups is 1. The van der Waals surface area contributed by atoms with Gasteiger partial charge in [0.25, 0.3) is 0 Å². The largest absolute Gasteiger partial charge is 0.299 e. The van der Waals surface area contributed by atoms with E-state index in [1.165, 1.54) is 18.7 Å². The molecule has 1 unspecified atom stereocenters. The lowest BCUT2D eigenvalue weighted by Crippen LogP contribution is -2.13. The maximum atomic E-state index is 12.9. The van der Waals surface area contributed by atoms with Gasteiger partial charge >= 0.3 is 0 Å². The van der Waals surface area contributed by atoms with E-state index in [2.05, 4.69) is 10.2 Å². The molecular weight excluding hydrogens is 394 g/mol. The number of benzene rings is 2. The highest BCUT2D eigenvalue weighted by Crippen LogP contribution is 2.27. The molecule has 0 aliphatic heterocycles. The second-order valence-corrected chi connectivity index (χ2v) is 9.81. The van der Waals surface area contributed by atoms with E-state index in [1.54, 1.807) is 35.8 Å². The Kier molecular flexibility index (Phi) is 6.00. The second kappa shape index (κ2) is 8.28. The van der Waals surface area contributed by atoms with E-state index in [1.807, 2.05) is 37.3 Å². The van der Waals surface area contributed by atoms with Crippen LogP contribution in [0.2, 0.25) is 0 Å². The highest BCUT2D eigenvalue weighted by Gasteiger charge is 2.24. The average Bonchev–Trinajstić information content (AvgIpc) is 3.04. The Bertz CT molecular complexity index is 1080. The number of hydrogen-bond acceptors (Lipinski definition) is 6. The number of carbonyl (C=O) groups excluding carboxylic acids is 1. The maximum Gasteiger partial charge on any atom is 0.196 e. The van der Waals surface area contributed by atoms with Crippen molar-refractivity contribution in [2.75, 3.05) is 0 Å². The van der Waals surface area contributed by atoms with Crippen LogP contribution in [-0.2, 0) is 20.4 Å². The summed E-state index contributed by atoms with van der Waals surface area (Å²) in [5, 5.41) is 8.48. The zero-order valence-electron chi connectivity index (χ0n) is 15.9. The molecule has 8 heteroatoms. The fraction of sp³-hybridized carbons (Fsp3) is 0.250. The molecule has 1 heterocycles. The molecule has 0 aliphatic carbocycles. The van der Waals surface area contributed by atoms with Crippen LogP contribution in [0.3, 0.4) is 0 Å². The Hall–Kier alpha value is -2.45. The Morgan fingerprint density at radius 3 is 2.32 bits per heavy atom. The Balaban J connectivity index is 2.02. The third-order valence-electron chi connectivity index (χ3n) is 4.27. The number of Topliss-reactive ketones (excluding diaryl/α,β-unsaturated/α-hetero) is 1. The van der Waals surface area contributed by atoms with Crippen molar-refractivity contribution in [2.24, 2.45) is 0 Å². The first kappa shape index (κ1) is 20.3. The molecule has 6 nitrogen and oxygen atoms in total. The molecular formula is C20H21N3O3S2. The number of sulfone groups is 1. The van der Waals surface area contributed by atoms with E-state index in [9.17, 15) is 13.2 Å². The lowest BCUT2D eigenvalue weighted by Gasteiger charge is -2.12. The van der Waals surface area contributed by atoms with Gasteiger partial charge in [0.1, 0.15) is 11.5 Å². The molecule has 0 aliphatic rings. The summed E-state index contributed by atoms with van der Waals surface area (Å²) in [4.78, 5) is 11.9. The van der Waals surface area contributed by atoms with Crippen molar-refractivity contribution in [1.29, 1.82) is 0 Å².